The van der Waals surface area contributed by atoms with Crippen molar-refractivity contribution in [1.29, 1.82) is 0 Å². The fourth-order valence-corrected chi connectivity index (χ4v) is 2.57. The molecule has 0 radical (unpaired) electrons. The molecule has 0 bridgehead atoms. The Morgan fingerprint density at radius 3 is 2.61 bits per heavy atom. The number of benzene rings is 1. The molecule has 1 aromatic carbocycles. The molecular weight excluding hydrogens is 363 g/mol. The number of pyridine rings is 1. The van der Waals surface area contributed by atoms with Crippen molar-refractivity contribution in [3.63, 3.8) is 0 Å². The average Bonchev–Trinajstić information content (AvgIpc) is 2.55. The third kappa shape index (κ3) is 5.03. The second-order valence-corrected chi connectivity index (χ2v) is 5.94. The molecule has 1 heterocycles. The van der Waals surface area contributed by atoms with Gasteiger partial charge in [-0.05, 0) is 24.5 Å². The van der Waals surface area contributed by atoms with Crippen molar-refractivity contribution in [2.24, 2.45) is 0 Å². The maximum Gasteiger partial charge on any atom is 0.288 e. The van der Waals surface area contributed by atoms with Gasteiger partial charge in [0, 0.05) is 18.1 Å². The molecule has 23 heavy (non-hydrogen) atoms. The number of carbonyl (C=O) groups is 1. The number of hydrogen-bond donors (Lipinski definition) is 1. The molecule has 0 saturated heterocycles. The van der Waals surface area contributed by atoms with E-state index in [1.807, 2.05) is 30.3 Å². The van der Waals surface area contributed by atoms with E-state index in [9.17, 15) is 14.0 Å². The van der Waals surface area contributed by atoms with Gasteiger partial charge >= 0.3 is 0 Å². The summed E-state index contributed by atoms with van der Waals surface area (Å²) >= 11 is 3.31. The van der Waals surface area contributed by atoms with Crippen LogP contribution in [0.5, 0.6) is 0 Å². The van der Waals surface area contributed by atoms with Crippen molar-refractivity contribution in [3.05, 3.63) is 64.3 Å². The van der Waals surface area contributed by atoms with Gasteiger partial charge in [0.05, 0.1) is 12.1 Å². The van der Waals surface area contributed by atoms with Gasteiger partial charge < -0.3 is 9.88 Å². The fraction of sp³-hybridized carbons (Fsp3) is 0.294. The summed E-state index contributed by atoms with van der Waals surface area (Å²) < 4.78 is 15.4. The van der Waals surface area contributed by atoms with Gasteiger partial charge in [0.1, 0.15) is 0 Å². The first kappa shape index (κ1) is 17.4. The molecule has 2 aromatic rings. The van der Waals surface area contributed by atoms with E-state index in [2.05, 4.69) is 21.2 Å². The Hall–Kier alpha value is -1.95. The number of rotatable bonds is 7. The smallest absolute Gasteiger partial charge is 0.288 e. The molecule has 1 N–H and O–H groups in total. The molecule has 0 spiro atoms. The van der Waals surface area contributed by atoms with Crippen LogP contribution in [0, 0.1) is 5.82 Å². The molecule has 2 rings (SSSR count). The molecule has 0 saturated carbocycles. The number of anilines is 1. The molecule has 0 unspecified atom stereocenters. The Balaban J connectivity index is 2.04. The van der Waals surface area contributed by atoms with Gasteiger partial charge in [0.15, 0.2) is 0 Å². The summed E-state index contributed by atoms with van der Waals surface area (Å²) in [6.07, 6.45) is 3.33. The Kier molecular flexibility index (Phi) is 6.52. The van der Waals surface area contributed by atoms with Crippen LogP contribution in [0.2, 0.25) is 0 Å². The minimum Gasteiger partial charge on any atom is -0.323 e. The number of alkyl halides is 1. The number of aryl methyl sites for hydroxylation is 1. The summed E-state index contributed by atoms with van der Waals surface area (Å²) in [5.41, 5.74) is 0.0401. The number of unbranched alkanes of at least 4 members (excludes halogenated alkanes) is 1. The van der Waals surface area contributed by atoms with E-state index in [0.717, 1.165) is 23.7 Å². The number of hydrogen-bond acceptors (Lipinski definition) is 2. The van der Waals surface area contributed by atoms with Crippen LogP contribution in [0.4, 0.5) is 10.1 Å². The standard InChI is InChI=1S/C17H18BrFN2O2/c18-9-4-5-10-21-11-8-14(16(19)17(21)23)20-15(22)12-13-6-2-1-3-7-13/h1-3,6-8,11H,4-5,9-10,12H2,(H,20,22). The van der Waals surface area contributed by atoms with E-state index < -0.39 is 11.4 Å². The third-order valence-electron chi connectivity index (χ3n) is 3.37. The highest BCUT2D eigenvalue weighted by Gasteiger charge is 2.12. The zero-order valence-corrected chi connectivity index (χ0v) is 14.2. The molecule has 0 aliphatic heterocycles. The molecular formula is C17H18BrFN2O2. The monoisotopic (exact) mass is 380 g/mol. The summed E-state index contributed by atoms with van der Waals surface area (Å²) in [5, 5.41) is 3.30. The zero-order valence-electron chi connectivity index (χ0n) is 12.6. The van der Waals surface area contributed by atoms with Crippen LogP contribution < -0.4 is 10.9 Å². The average molecular weight is 381 g/mol. The molecule has 122 valence electrons. The Morgan fingerprint density at radius 1 is 1.17 bits per heavy atom. The zero-order chi connectivity index (χ0) is 16.7. The summed E-state index contributed by atoms with van der Waals surface area (Å²) in [6, 6.07) is 10.6. The lowest BCUT2D eigenvalue weighted by atomic mass is 10.1. The maximum absolute atomic E-state index is 14.1. The van der Waals surface area contributed by atoms with E-state index in [1.54, 1.807) is 0 Å². The van der Waals surface area contributed by atoms with Crippen LogP contribution in [0.3, 0.4) is 0 Å². The van der Waals surface area contributed by atoms with Crippen LogP contribution in [0.25, 0.3) is 0 Å². The molecule has 0 aliphatic rings. The van der Waals surface area contributed by atoms with Crippen LogP contribution in [-0.2, 0) is 17.8 Å². The van der Waals surface area contributed by atoms with E-state index in [4.69, 9.17) is 0 Å². The molecule has 1 aromatic heterocycles. The van der Waals surface area contributed by atoms with Gasteiger partial charge in [-0.25, -0.2) is 0 Å². The second-order valence-electron chi connectivity index (χ2n) is 5.15. The van der Waals surface area contributed by atoms with Crippen molar-refractivity contribution < 1.29 is 9.18 Å². The van der Waals surface area contributed by atoms with Crippen LogP contribution in [0.15, 0.2) is 47.4 Å². The summed E-state index contributed by atoms with van der Waals surface area (Å²) in [6.45, 7) is 0.458. The van der Waals surface area contributed by atoms with Crippen molar-refractivity contribution >= 4 is 27.5 Å². The number of nitrogens with one attached hydrogen (secondary N) is 1. The molecule has 0 atom stereocenters. The summed E-state index contributed by atoms with van der Waals surface area (Å²) in [4.78, 5) is 23.9. The van der Waals surface area contributed by atoms with Crippen molar-refractivity contribution in [2.45, 2.75) is 25.8 Å². The Morgan fingerprint density at radius 2 is 1.91 bits per heavy atom. The summed E-state index contributed by atoms with van der Waals surface area (Å²) in [7, 11) is 0. The number of carbonyl (C=O) groups excluding carboxylic acids is 1. The van der Waals surface area contributed by atoms with Crippen LogP contribution in [0.1, 0.15) is 18.4 Å². The first-order chi connectivity index (χ1) is 11.1. The minimum absolute atomic E-state index is 0.0762. The quantitative estimate of drug-likeness (QED) is 0.591. The predicted octanol–water partition coefficient (Wildman–Crippen LogP) is 3.34. The van der Waals surface area contributed by atoms with Gasteiger partial charge in [-0.2, -0.15) is 4.39 Å². The lowest BCUT2D eigenvalue weighted by Crippen LogP contribution is -2.25. The van der Waals surface area contributed by atoms with Crippen molar-refractivity contribution in [2.75, 3.05) is 10.6 Å². The highest BCUT2D eigenvalue weighted by molar-refractivity contribution is 9.09. The summed E-state index contributed by atoms with van der Waals surface area (Å²) in [5.74, 6) is -1.28. The molecule has 0 aliphatic carbocycles. The van der Waals surface area contributed by atoms with E-state index >= 15 is 0 Å². The van der Waals surface area contributed by atoms with Gasteiger partial charge in [-0.15, -0.1) is 0 Å². The lowest BCUT2D eigenvalue weighted by Gasteiger charge is -2.09. The second kappa shape index (κ2) is 8.62. The Labute approximate surface area is 142 Å². The SMILES string of the molecule is O=C(Cc1ccccc1)Nc1ccn(CCCCBr)c(=O)c1F. The predicted molar refractivity (Wildman–Crippen MR) is 92.5 cm³/mol. The normalized spacial score (nSPS) is 10.5. The minimum atomic E-state index is -0.923. The number of halogens is 2. The van der Waals surface area contributed by atoms with E-state index in [0.29, 0.717) is 6.54 Å². The first-order valence-electron chi connectivity index (χ1n) is 7.40. The molecule has 6 heteroatoms. The first-order valence-corrected chi connectivity index (χ1v) is 8.52. The highest BCUT2D eigenvalue weighted by Crippen LogP contribution is 2.11. The van der Waals surface area contributed by atoms with Gasteiger partial charge in [0.25, 0.3) is 5.56 Å². The van der Waals surface area contributed by atoms with Gasteiger partial charge in [-0.1, -0.05) is 46.3 Å². The van der Waals surface area contributed by atoms with Gasteiger partial charge in [0.2, 0.25) is 11.7 Å². The lowest BCUT2D eigenvalue weighted by molar-refractivity contribution is -0.115. The number of nitrogens with zero attached hydrogens (tertiary/aromatic N) is 1. The van der Waals surface area contributed by atoms with Crippen LogP contribution in [-0.4, -0.2) is 15.8 Å². The van der Waals surface area contributed by atoms with E-state index in [1.165, 1.54) is 16.8 Å². The third-order valence-corrected chi connectivity index (χ3v) is 3.93. The van der Waals surface area contributed by atoms with Crippen molar-refractivity contribution in [3.8, 4) is 0 Å². The molecule has 1 amide bonds. The largest absolute Gasteiger partial charge is 0.323 e. The van der Waals surface area contributed by atoms with Crippen LogP contribution >= 0.6 is 15.9 Å². The number of aromatic nitrogens is 1. The molecule has 0 fully saturated rings. The fourth-order valence-electron chi connectivity index (χ4n) is 2.17. The highest BCUT2D eigenvalue weighted by atomic mass is 79.9. The maximum atomic E-state index is 14.1. The topological polar surface area (TPSA) is 51.1 Å². The van der Waals surface area contributed by atoms with Crippen molar-refractivity contribution in [1.82, 2.24) is 4.57 Å². The molecule has 4 nitrogen and oxygen atoms in total. The van der Waals surface area contributed by atoms with E-state index in [-0.39, 0.29) is 18.0 Å². The Bertz CT molecular complexity index is 716. The number of amides is 1. The van der Waals surface area contributed by atoms with Gasteiger partial charge in [-0.3, -0.25) is 9.59 Å².